The average molecular weight is 348 g/mol. The maximum Gasteiger partial charge on any atom is 0.337 e. The lowest BCUT2D eigenvalue weighted by Crippen LogP contribution is -2.21. The van der Waals surface area contributed by atoms with E-state index >= 15 is 0 Å². The summed E-state index contributed by atoms with van der Waals surface area (Å²) in [7, 11) is 0. The molecule has 7 heteroatoms. The number of halogens is 2. The van der Waals surface area contributed by atoms with E-state index in [1.54, 1.807) is 0 Å². The van der Waals surface area contributed by atoms with E-state index < -0.39 is 5.97 Å². The summed E-state index contributed by atoms with van der Waals surface area (Å²) in [5.74, 6) is 1.10. The van der Waals surface area contributed by atoms with Gasteiger partial charge in [-0.1, -0.05) is 23.2 Å². The molecule has 1 aromatic carbocycles. The van der Waals surface area contributed by atoms with E-state index in [2.05, 4.69) is 5.32 Å². The molecule has 0 atom stereocenters. The molecule has 0 saturated carbocycles. The number of benzene rings is 1. The van der Waals surface area contributed by atoms with Gasteiger partial charge in [-0.15, -0.1) is 0 Å². The number of carbonyl (C=O) groups is 2. The first-order valence-electron chi connectivity index (χ1n) is 6.57. The molecule has 0 aliphatic carbocycles. The predicted molar refractivity (Wildman–Crippen MR) is 86.7 cm³/mol. The summed E-state index contributed by atoms with van der Waals surface area (Å²) >= 11 is 13.7. The number of carboxylic acid groups (broad SMARTS) is 1. The molecule has 21 heavy (non-hydrogen) atoms. The van der Waals surface area contributed by atoms with E-state index in [-0.39, 0.29) is 27.2 Å². The first-order valence-corrected chi connectivity index (χ1v) is 8.48. The summed E-state index contributed by atoms with van der Waals surface area (Å²) in [6.45, 7) is 0. The molecule has 0 bridgehead atoms. The van der Waals surface area contributed by atoms with E-state index in [0.29, 0.717) is 12.3 Å². The zero-order valence-corrected chi connectivity index (χ0v) is 13.5. The third-order valence-corrected chi connectivity index (χ3v) is 4.93. The summed E-state index contributed by atoms with van der Waals surface area (Å²) in [6, 6.07) is 2.70. The van der Waals surface area contributed by atoms with Crippen LogP contribution in [0.25, 0.3) is 0 Å². The minimum atomic E-state index is -1.18. The van der Waals surface area contributed by atoms with E-state index in [0.717, 1.165) is 24.3 Å². The van der Waals surface area contributed by atoms with Gasteiger partial charge in [0.05, 0.1) is 16.3 Å². The molecule has 0 unspecified atom stereocenters. The molecular weight excluding hydrogens is 333 g/mol. The van der Waals surface area contributed by atoms with Crippen LogP contribution in [0.5, 0.6) is 0 Å². The number of rotatable bonds is 4. The van der Waals surface area contributed by atoms with Crippen LogP contribution in [-0.2, 0) is 4.79 Å². The average Bonchev–Trinajstić information content (AvgIpc) is 2.42. The monoisotopic (exact) mass is 347 g/mol. The summed E-state index contributed by atoms with van der Waals surface area (Å²) in [5.41, 5.74) is 0.0174. The third-order valence-electron chi connectivity index (χ3n) is 3.36. The first kappa shape index (κ1) is 16.5. The number of nitrogens with one attached hydrogen (secondary N) is 1. The number of aromatic carboxylic acids is 1. The van der Waals surface area contributed by atoms with E-state index in [1.165, 1.54) is 12.1 Å². The Balaban J connectivity index is 2.11. The minimum absolute atomic E-state index is 0.0972. The first-order chi connectivity index (χ1) is 9.97. The maximum absolute atomic E-state index is 12.1. The molecule has 1 amide bonds. The molecular formula is C14H15Cl2NO3S. The number of amides is 1. The molecule has 4 nitrogen and oxygen atoms in total. The molecule has 1 aliphatic rings. The van der Waals surface area contributed by atoms with E-state index in [1.807, 2.05) is 11.8 Å². The number of hydrogen-bond acceptors (Lipinski definition) is 3. The SMILES string of the molecule is O=C(CC1CCSCC1)Nc1c(Cl)cc(Cl)cc1C(=O)O. The van der Waals surface area contributed by atoms with Crippen molar-refractivity contribution in [3.8, 4) is 0 Å². The molecule has 1 saturated heterocycles. The largest absolute Gasteiger partial charge is 0.478 e. The van der Waals surface area contributed by atoms with Crippen molar-refractivity contribution in [1.29, 1.82) is 0 Å². The van der Waals surface area contributed by atoms with Crippen LogP contribution in [0.4, 0.5) is 5.69 Å². The molecule has 1 aromatic rings. The Labute approximate surface area is 137 Å². The van der Waals surface area contributed by atoms with Crippen LogP contribution in [0.15, 0.2) is 12.1 Å². The number of anilines is 1. The lowest BCUT2D eigenvalue weighted by atomic mass is 9.98. The quantitative estimate of drug-likeness (QED) is 0.857. The molecule has 0 radical (unpaired) electrons. The highest BCUT2D eigenvalue weighted by atomic mass is 35.5. The van der Waals surface area contributed by atoms with Crippen molar-refractivity contribution < 1.29 is 14.7 Å². The van der Waals surface area contributed by atoms with Gasteiger partial charge in [0.25, 0.3) is 0 Å². The van der Waals surface area contributed by atoms with Gasteiger partial charge in [-0.3, -0.25) is 4.79 Å². The summed E-state index contributed by atoms with van der Waals surface area (Å²) in [6.07, 6.45) is 2.41. The topological polar surface area (TPSA) is 66.4 Å². The Morgan fingerprint density at radius 3 is 2.57 bits per heavy atom. The van der Waals surface area contributed by atoms with Crippen LogP contribution in [0.3, 0.4) is 0 Å². The fourth-order valence-corrected chi connectivity index (χ4v) is 4.02. The summed E-state index contributed by atoms with van der Waals surface area (Å²) in [4.78, 5) is 23.3. The Bertz CT molecular complexity index is 559. The van der Waals surface area contributed by atoms with Gasteiger partial charge >= 0.3 is 5.97 Å². The van der Waals surface area contributed by atoms with Gasteiger partial charge < -0.3 is 10.4 Å². The number of carbonyl (C=O) groups excluding carboxylic acids is 1. The molecule has 1 heterocycles. The minimum Gasteiger partial charge on any atom is -0.478 e. The van der Waals surface area contributed by atoms with Crippen molar-refractivity contribution in [1.82, 2.24) is 0 Å². The predicted octanol–water partition coefficient (Wildman–Crippen LogP) is 4.16. The van der Waals surface area contributed by atoms with Crippen LogP contribution in [0.2, 0.25) is 10.0 Å². The molecule has 2 N–H and O–H groups in total. The standard InChI is InChI=1S/C14H15Cl2NO3S/c15-9-6-10(14(19)20)13(11(16)7-9)17-12(18)5-8-1-3-21-4-2-8/h6-8H,1-5H2,(H,17,18)(H,19,20). The summed E-state index contributed by atoms with van der Waals surface area (Å²) < 4.78 is 0. The molecule has 1 aliphatic heterocycles. The van der Waals surface area contributed by atoms with Gasteiger partial charge in [-0.2, -0.15) is 11.8 Å². The fourth-order valence-electron chi connectivity index (χ4n) is 2.27. The van der Waals surface area contributed by atoms with Crippen LogP contribution >= 0.6 is 35.0 Å². The van der Waals surface area contributed by atoms with Crippen LogP contribution in [0, 0.1) is 5.92 Å². The normalized spacial score (nSPS) is 15.7. The Morgan fingerprint density at radius 1 is 1.29 bits per heavy atom. The van der Waals surface area contributed by atoms with Gasteiger partial charge in [0.15, 0.2) is 0 Å². The van der Waals surface area contributed by atoms with E-state index in [4.69, 9.17) is 23.2 Å². The second-order valence-corrected chi connectivity index (χ2v) is 6.99. The smallest absolute Gasteiger partial charge is 0.337 e. The van der Waals surface area contributed by atoms with Crippen molar-refractivity contribution >= 4 is 52.5 Å². The Hall–Kier alpha value is -0.910. The lowest BCUT2D eigenvalue weighted by Gasteiger charge is -2.21. The zero-order chi connectivity index (χ0) is 15.4. The van der Waals surface area contributed by atoms with Gasteiger partial charge in [0.2, 0.25) is 5.91 Å². The van der Waals surface area contributed by atoms with Gasteiger partial charge in [-0.05, 0) is 42.4 Å². The van der Waals surface area contributed by atoms with Gasteiger partial charge in [-0.25, -0.2) is 4.79 Å². The van der Waals surface area contributed by atoms with Gasteiger partial charge in [0.1, 0.15) is 0 Å². The third kappa shape index (κ3) is 4.53. The van der Waals surface area contributed by atoms with Crippen molar-refractivity contribution in [3.63, 3.8) is 0 Å². The van der Waals surface area contributed by atoms with Crippen LogP contribution in [-0.4, -0.2) is 28.5 Å². The highest BCUT2D eigenvalue weighted by molar-refractivity contribution is 7.99. The Kier molecular flexibility index (Phi) is 5.79. The van der Waals surface area contributed by atoms with Crippen LogP contribution in [0.1, 0.15) is 29.6 Å². The second-order valence-electron chi connectivity index (χ2n) is 4.92. The highest BCUT2D eigenvalue weighted by Crippen LogP contribution is 2.31. The molecule has 0 aromatic heterocycles. The van der Waals surface area contributed by atoms with Crippen molar-refractivity contribution in [2.75, 3.05) is 16.8 Å². The zero-order valence-electron chi connectivity index (χ0n) is 11.2. The molecule has 1 fully saturated rings. The second kappa shape index (κ2) is 7.38. The number of carboxylic acids is 1. The maximum atomic E-state index is 12.1. The van der Waals surface area contributed by atoms with Crippen molar-refractivity contribution in [2.24, 2.45) is 5.92 Å². The summed E-state index contributed by atoms with van der Waals surface area (Å²) in [5, 5.41) is 12.1. The Morgan fingerprint density at radius 2 is 1.95 bits per heavy atom. The fraction of sp³-hybridized carbons (Fsp3) is 0.429. The molecule has 0 spiro atoms. The van der Waals surface area contributed by atoms with Crippen LogP contribution < -0.4 is 5.32 Å². The molecule has 2 rings (SSSR count). The highest BCUT2D eigenvalue weighted by Gasteiger charge is 2.21. The van der Waals surface area contributed by atoms with Crippen molar-refractivity contribution in [3.05, 3.63) is 27.7 Å². The number of hydrogen-bond donors (Lipinski definition) is 2. The van der Waals surface area contributed by atoms with Crippen molar-refractivity contribution in [2.45, 2.75) is 19.3 Å². The van der Waals surface area contributed by atoms with E-state index in [9.17, 15) is 14.7 Å². The van der Waals surface area contributed by atoms with Gasteiger partial charge in [0, 0.05) is 11.4 Å². The number of thioether (sulfide) groups is 1. The molecule has 114 valence electrons. The lowest BCUT2D eigenvalue weighted by molar-refractivity contribution is -0.117.